The van der Waals surface area contributed by atoms with E-state index in [0.717, 1.165) is 4.47 Å². The third-order valence-corrected chi connectivity index (χ3v) is 6.45. The minimum absolute atomic E-state index is 0.0280. The fraction of sp³-hybridized carbons (Fsp3) is 0.500. The minimum Gasteiger partial charge on any atom is -0.336 e. The van der Waals surface area contributed by atoms with Crippen LogP contribution < -0.4 is 5.32 Å². The molecule has 2 atom stereocenters. The Kier molecular flexibility index (Phi) is 6.38. The molecule has 2 unspecified atom stereocenters. The number of piperidine rings is 1. The number of carbonyl (C=O) groups is 1. The highest BCUT2D eigenvalue weighted by Crippen LogP contribution is 2.22. The van der Waals surface area contributed by atoms with Crippen molar-refractivity contribution in [3.63, 3.8) is 0 Å². The van der Waals surface area contributed by atoms with Gasteiger partial charge in [0.1, 0.15) is 6.04 Å². The van der Waals surface area contributed by atoms with E-state index in [4.69, 9.17) is 0 Å². The number of halogens is 1. The molecule has 1 aromatic rings. The minimum atomic E-state index is -3.30. The zero-order valence-electron chi connectivity index (χ0n) is 13.4. The van der Waals surface area contributed by atoms with Gasteiger partial charge in [-0.15, -0.1) is 0 Å². The molecule has 1 saturated heterocycles. The molecular formula is C16H20BrN3O3S. The Hall–Kier alpha value is -1.43. The highest BCUT2D eigenvalue weighted by Gasteiger charge is 2.32. The van der Waals surface area contributed by atoms with Crippen LogP contribution in [0, 0.1) is 17.2 Å². The summed E-state index contributed by atoms with van der Waals surface area (Å²) in [6, 6.07) is 8.52. The van der Waals surface area contributed by atoms with Gasteiger partial charge in [0.15, 0.2) is 0 Å². The monoisotopic (exact) mass is 413 g/mol. The molecule has 130 valence electrons. The van der Waals surface area contributed by atoms with E-state index < -0.39 is 22.0 Å². The van der Waals surface area contributed by atoms with E-state index in [1.165, 1.54) is 4.31 Å². The summed E-state index contributed by atoms with van der Waals surface area (Å²) >= 11 is 3.34. The summed E-state index contributed by atoms with van der Waals surface area (Å²) < 4.78 is 26.2. The third-order valence-electron chi connectivity index (χ3n) is 4.11. The predicted molar refractivity (Wildman–Crippen MR) is 94.4 cm³/mol. The first-order chi connectivity index (χ1) is 11.4. The molecule has 1 aliphatic rings. The molecule has 2 rings (SSSR count). The summed E-state index contributed by atoms with van der Waals surface area (Å²) in [7, 11) is -3.30. The number of nitrogens with one attached hydrogen (secondary N) is 1. The van der Waals surface area contributed by atoms with Crippen LogP contribution in [-0.2, 0) is 14.8 Å². The Balaban J connectivity index is 2.07. The topological polar surface area (TPSA) is 90.3 Å². The molecule has 1 aromatic carbocycles. The highest BCUT2D eigenvalue weighted by atomic mass is 79.9. The number of nitrogens with zero attached hydrogens (tertiary/aromatic N) is 2. The van der Waals surface area contributed by atoms with Gasteiger partial charge in [0.2, 0.25) is 15.9 Å². The van der Waals surface area contributed by atoms with Crippen LogP contribution in [0.15, 0.2) is 28.7 Å². The van der Waals surface area contributed by atoms with Crippen molar-refractivity contribution in [1.29, 1.82) is 5.26 Å². The fourth-order valence-electron chi connectivity index (χ4n) is 2.73. The Bertz CT molecular complexity index is 745. The van der Waals surface area contributed by atoms with Gasteiger partial charge in [0, 0.05) is 17.6 Å². The Morgan fingerprint density at radius 3 is 2.92 bits per heavy atom. The second-order valence-electron chi connectivity index (χ2n) is 5.72. The average molecular weight is 414 g/mol. The number of carbonyl (C=O) groups excluding carboxylic acids is 1. The lowest BCUT2D eigenvalue weighted by molar-refractivity contribution is -0.126. The lowest BCUT2D eigenvalue weighted by atomic mass is 9.98. The van der Waals surface area contributed by atoms with Crippen molar-refractivity contribution >= 4 is 31.9 Å². The standard InChI is InChI=1S/C16H20BrN3O3S/c1-2-24(22,23)20-8-4-6-13(11-20)16(21)19-15(10-18)12-5-3-7-14(17)9-12/h3,5,7,9,13,15H,2,4,6,8,11H2,1H3,(H,19,21). The maximum absolute atomic E-state index is 12.5. The van der Waals surface area contributed by atoms with E-state index in [1.807, 2.05) is 6.07 Å². The van der Waals surface area contributed by atoms with Gasteiger partial charge in [-0.3, -0.25) is 4.79 Å². The molecule has 0 aromatic heterocycles. The van der Waals surface area contributed by atoms with E-state index in [9.17, 15) is 18.5 Å². The van der Waals surface area contributed by atoms with E-state index in [2.05, 4.69) is 27.3 Å². The van der Waals surface area contributed by atoms with Crippen molar-refractivity contribution in [2.45, 2.75) is 25.8 Å². The zero-order chi connectivity index (χ0) is 17.7. The van der Waals surface area contributed by atoms with Crippen molar-refractivity contribution in [3.8, 4) is 6.07 Å². The fourth-order valence-corrected chi connectivity index (χ4v) is 4.32. The number of benzene rings is 1. The summed E-state index contributed by atoms with van der Waals surface area (Å²) in [5.74, 6) is -0.680. The lowest BCUT2D eigenvalue weighted by Gasteiger charge is -2.31. The summed E-state index contributed by atoms with van der Waals surface area (Å²) in [4.78, 5) is 12.5. The SMILES string of the molecule is CCS(=O)(=O)N1CCCC(C(=O)NC(C#N)c2cccc(Br)c2)C1. The van der Waals surface area contributed by atoms with Crippen LogP contribution in [0.5, 0.6) is 0 Å². The molecule has 0 radical (unpaired) electrons. The van der Waals surface area contributed by atoms with Gasteiger partial charge in [0.25, 0.3) is 0 Å². The molecule has 6 nitrogen and oxygen atoms in total. The van der Waals surface area contributed by atoms with Crippen LogP contribution in [0.2, 0.25) is 0 Å². The van der Waals surface area contributed by atoms with Crippen molar-refractivity contribution in [1.82, 2.24) is 9.62 Å². The maximum atomic E-state index is 12.5. The van der Waals surface area contributed by atoms with Crippen LogP contribution in [0.3, 0.4) is 0 Å². The van der Waals surface area contributed by atoms with Crippen LogP contribution in [-0.4, -0.2) is 37.5 Å². The molecule has 1 amide bonds. The summed E-state index contributed by atoms with van der Waals surface area (Å²) in [5, 5.41) is 12.1. The van der Waals surface area contributed by atoms with Gasteiger partial charge in [-0.05, 0) is 37.5 Å². The van der Waals surface area contributed by atoms with Gasteiger partial charge in [0.05, 0.1) is 17.7 Å². The second kappa shape index (κ2) is 8.10. The molecule has 1 N–H and O–H groups in total. The molecule has 0 bridgehead atoms. The molecule has 1 aliphatic heterocycles. The van der Waals surface area contributed by atoms with Crippen LogP contribution >= 0.6 is 15.9 Å². The molecular weight excluding hydrogens is 394 g/mol. The van der Waals surface area contributed by atoms with Gasteiger partial charge in [-0.1, -0.05) is 28.1 Å². The van der Waals surface area contributed by atoms with Crippen molar-refractivity contribution in [2.24, 2.45) is 5.92 Å². The molecule has 0 spiro atoms. The molecule has 1 fully saturated rings. The Labute approximate surface area is 151 Å². The van der Waals surface area contributed by atoms with E-state index in [1.54, 1.807) is 25.1 Å². The summed E-state index contributed by atoms with van der Waals surface area (Å²) in [6.45, 7) is 2.23. The number of nitriles is 1. The first-order valence-electron chi connectivity index (χ1n) is 7.80. The van der Waals surface area contributed by atoms with Gasteiger partial charge < -0.3 is 5.32 Å². The first kappa shape index (κ1) is 18.9. The number of rotatable bonds is 5. The molecule has 1 heterocycles. The smallest absolute Gasteiger partial charge is 0.225 e. The van der Waals surface area contributed by atoms with E-state index in [-0.39, 0.29) is 18.2 Å². The average Bonchev–Trinajstić information content (AvgIpc) is 2.59. The van der Waals surface area contributed by atoms with Crippen molar-refractivity contribution in [2.75, 3.05) is 18.8 Å². The number of amides is 1. The zero-order valence-corrected chi connectivity index (χ0v) is 15.8. The number of sulfonamides is 1. The number of hydrogen-bond donors (Lipinski definition) is 1. The van der Waals surface area contributed by atoms with Crippen LogP contribution in [0.25, 0.3) is 0 Å². The van der Waals surface area contributed by atoms with Gasteiger partial charge >= 0.3 is 0 Å². The quantitative estimate of drug-likeness (QED) is 0.800. The molecule has 0 aliphatic carbocycles. The summed E-state index contributed by atoms with van der Waals surface area (Å²) in [6.07, 6.45) is 1.27. The first-order valence-corrected chi connectivity index (χ1v) is 10.2. The molecule has 8 heteroatoms. The third kappa shape index (κ3) is 4.56. The van der Waals surface area contributed by atoms with Gasteiger partial charge in [-0.2, -0.15) is 5.26 Å². The number of hydrogen-bond acceptors (Lipinski definition) is 4. The molecule has 24 heavy (non-hydrogen) atoms. The van der Waals surface area contributed by atoms with E-state index >= 15 is 0 Å². The second-order valence-corrected chi connectivity index (χ2v) is 8.90. The van der Waals surface area contributed by atoms with E-state index in [0.29, 0.717) is 24.9 Å². The van der Waals surface area contributed by atoms with Crippen LogP contribution in [0.1, 0.15) is 31.4 Å². The van der Waals surface area contributed by atoms with Crippen molar-refractivity contribution < 1.29 is 13.2 Å². The summed E-state index contributed by atoms with van der Waals surface area (Å²) in [5.41, 5.74) is 0.689. The van der Waals surface area contributed by atoms with Crippen LogP contribution in [0.4, 0.5) is 0 Å². The largest absolute Gasteiger partial charge is 0.336 e. The highest BCUT2D eigenvalue weighted by molar-refractivity contribution is 9.10. The Morgan fingerprint density at radius 1 is 1.54 bits per heavy atom. The lowest BCUT2D eigenvalue weighted by Crippen LogP contribution is -2.46. The predicted octanol–water partition coefficient (Wildman–Crippen LogP) is 2.19. The van der Waals surface area contributed by atoms with Gasteiger partial charge in [-0.25, -0.2) is 12.7 Å². The maximum Gasteiger partial charge on any atom is 0.225 e. The normalized spacial score (nSPS) is 20.1. The van der Waals surface area contributed by atoms with Crippen molar-refractivity contribution in [3.05, 3.63) is 34.3 Å². The molecule has 0 saturated carbocycles. The Morgan fingerprint density at radius 2 is 2.29 bits per heavy atom.